The highest BCUT2D eigenvalue weighted by atomic mass is 35.5. The van der Waals surface area contributed by atoms with E-state index in [0.29, 0.717) is 27.8 Å². The summed E-state index contributed by atoms with van der Waals surface area (Å²) >= 11 is 6.10. The van der Waals surface area contributed by atoms with Gasteiger partial charge in [-0.2, -0.15) is 0 Å². The zero-order valence-corrected chi connectivity index (χ0v) is 20.7. The molecule has 10 heteroatoms. The Balaban J connectivity index is 1.45. The lowest BCUT2D eigenvalue weighted by Gasteiger charge is -2.29. The Bertz CT molecular complexity index is 1520. The number of aromatic nitrogens is 2. The van der Waals surface area contributed by atoms with E-state index in [2.05, 4.69) is 20.6 Å². The van der Waals surface area contributed by atoms with Crippen molar-refractivity contribution in [2.75, 3.05) is 10.6 Å². The second-order valence-corrected chi connectivity index (χ2v) is 9.07. The predicted octanol–water partition coefficient (Wildman–Crippen LogP) is 4.73. The molecule has 38 heavy (non-hydrogen) atoms. The molecule has 2 aromatic carbocycles. The van der Waals surface area contributed by atoms with E-state index in [9.17, 15) is 14.4 Å². The van der Waals surface area contributed by atoms with Gasteiger partial charge in [0.25, 0.3) is 11.8 Å². The number of hydrogen-bond acceptors (Lipinski definition) is 5. The first-order chi connectivity index (χ1) is 18.4. The lowest BCUT2D eigenvalue weighted by molar-refractivity contribution is -0.120. The van der Waals surface area contributed by atoms with Crippen molar-refractivity contribution in [1.82, 2.24) is 14.9 Å². The highest BCUT2D eigenvalue weighted by molar-refractivity contribution is 6.31. The quantitative estimate of drug-likeness (QED) is 0.376. The van der Waals surface area contributed by atoms with Crippen molar-refractivity contribution in [3.8, 4) is 0 Å². The third kappa shape index (κ3) is 5.37. The fraction of sp³-hybridized carbons (Fsp3) is 0.107. The highest BCUT2D eigenvalue weighted by Crippen LogP contribution is 2.29. The van der Waals surface area contributed by atoms with Crippen LogP contribution in [0.1, 0.15) is 32.0 Å². The van der Waals surface area contributed by atoms with Gasteiger partial charge < -0.3 is 15.5 Å². The van der Waals surface area contributed by atoms with Crippen LogP contribution in [0.15, 0.2) is 85.2 Å². The smallest absolute Gasteiger partial charge is 0.259 e. The fourth-order valence-electron chi connectivity index (χ4n) is 4.22. The first-order valence-corrected chi connectivity index (χ1v) is 12.1. The number of hydrogen-bond donors (Lipinski definition) is 2. The summed E-state index contributed by atoms with van der Waals surface area (Å²) in [5.74, 6) is -1.98. The van der Waals surface area contributed by atoms with Gasteiger partial charge in [0.15, 0.2) is 0 Å². The molecule has 190 valence electrons. The molecule has 0 aliphatic carbocycles. The van der Waals surface area contributed by atoms with Gasteiger partial charge in [0.05, 0.1) is 16.8 Å². The summed E-state index contributed by atoms with van der Waals surface area (Å²) < 4.78 is 15.1. The first kappa shape index (κ1) is 25.0. The molecule has 0 radical (unpaired) electrons. The van der Waals surface area contributed by atoms with Crippen molar-refractivity contribution in [2.24, 2.45) is 0 Å². The van der Waals surface area contributed by atoms with Gasteiger partial charge in [-0.25, -0.2) is 9.37 Å². The maximum atomic E-state index is 15.1. The lowest BCUT2D eigenvalue weighted by atomic mass is 10.0. The molecule has 2 aromatic heterocycles. The average Bonchev–Trinajstić information content (AvgIpc) is 2.99. The summed E-state index contributed by atoms with van der Waals surface area (Å²) in [6, 6.07) is 18.1. The molecule has 5 rings (SSSR count). The molecule has 0 saturated heterocycles. The van der Waals surface area contributed by atoms with Gasteiger partial charge in [-0.3, -0.25) is 19.4 Å². The van der Waals surface area contributed by atoms with Crippen LogP contribution < -0.4 is 10.6 Å². The number of pyridine rings is 2. The second kappa shape index (κ2) is 10.8. The highest BCUT2D eigenvalue weighted by Gasteiger charge is 2.36. The minimum absolute atomic E-state index is 0.0785. The van der Waals surface area contributed by atoms with E-state index in [1.54, 1.807) is 60.8 Å². The van der Waals surface area contributed by atoms with Crippen LogP contribution in [-0.2, 0) is 17.8 Å². The maximum absolute atomic E-state index is 15.1. The van der Waals surface area contributed by atoms with Crippen molar-refractivity contribution >= 4 is 40.8 Å². The molecule has 0 bridgehead atoms. The van der Waals surface area contributed by atoms with Crippen LogP contribution in [0, 0.1) is 5.82 Å². The first-order valence-electron chi connectivity index (χ1n) is 11.7. The number of benzene rings is 2. The lowest BCUT2D eigenvalue weighted by Crippen LogP contribution is -2.46. The van der Waals surface area contributed by atoms with Gasteiger partial charge in [-0.1, -0.05) is 29.8 Å². The predicted molar refractivity (Wildman–Crippen MR) is 140 cm³/mol. The number of amides is 3. The van der Waals surface area contributed by atoms with Crippen LogP contribution in [0.25, 0.3) is 0 Å². The molecule has 0 saturated carbocycles. The zero-order valence-electron chi connectivity index (χ0n) is 19.9. The summed E-state index contributed by atoms with van der Waals surface area (Å²) in [6.45, 7) is -0.0785. The molecule has 0 spiro atoms. The second-order valence-electron chi connectivity index (χ2n) is 8.64. The summed E-state index contributed by atoms with van der Waals surface area (Å²) in [7, 11) is 0. The Morgan fingerprint density at radius 3 is 2.50 bits per heavy atom. The van der Waals surface area contributed by atoms with Crippen LogP contribution in [-0.4, -0.2) is 38.6 Å². The topological polar surface area (TPSA) is 104 Å². The average molecular weight is 530 g/mol. The number of carbonyl (C=O) groups excluding carboxylic acids is 3. The summed E-state index contributed by atoms with van der Waals surface area (Å²) in [5, 5.41) is 5.71. The van der Waals surface area contributed by atoms with Gasteiger partial charge >= 0.3 is 0 Å². The minimum Gasteiger partial charge on any atom is -0.323 e. The molecular weight excluding hydrogens is 509 g/mol. The van der Waals surface area contributed by atoms with E-state index in [1.807, 2.05) is 0 Å². The number of halogens is 2. The van der Waals surface area contributed by atoms with Crippen LogP contribution in [0.4, 0.5) is 15.9 Å². The largest absolute Gasteiger partial charge is 0.323 e. The number of rotatable bonds is 6. The Morgan fingerprint density at radius 1 is 1.00 bits per heavy atom. The van der Waals surface area contributed by atoms with Gasteiger partial charge in [-0.05, 0) is 60.2 Å². The Hall–Kier alpha value is -4.63. The Morgan fingerprint density at radius 2 is 1.79 bits per heavy atom. The number of nitrogens with one attached hydrogen (secondary N) is 2. The molecule has 1 atom stereocenters. The van der Waals surface area contributed by atoms with E-state index in [-0.39, 0.29) is 24.1 Å². The van der Waals surface area contributed by atoms with Crippen LogP contribution >= 0.6 is 11.6 Å². The molecule has 8 nitrogen and oxygen atoms in total. The Kier molecular flexibility index (Phi) is 7.10. The van der Waals surface area contributed by atoms with Crippen molar-refractivity contribution in [2.45, 2.75) is 19.0 Å². The molecule has 3 amide bonds. The Labute approximate surface area is 222 Å². The molecule has 3 heterocycles. The number of carbonyl (C=O) groups is 3. The summed E-state index contributed by atoms with van der Waals surface area (Å²) in [5.41, 5.74) is 1.40. The molecular formula is C28H21ClFN5O3. The molecule has 4 aromatic rings. The molecule has 1 unspecified atom stereocenters. The van der Waals surface area contributed by atoms with Gasteiger partial charge in [0.2, 0.25) is 5.91 Å². The van der Waals surface area contributed by atoms with Gasteiger partial charge in [0.1, 0.15) is 17.7 Å². The van der Waals surface area contributed by atoms with Crippen molar-refractivity contribution in [1.29, 1.82) is 0 Å². The van der Waals surface area contributed by atoms with Gasteiger partial charge in [0, 0.05) is 36.1 Å². The van der Waals surface area contributed by atoms with Crippen molar-refractivity contribution in [3.63, 3.8) is 0 Å². The van der Waals surface area contributed by atoms with E-state index in [4.69, 9.17) is 11.6 Å². The third-order valence-corrected chi connectivity index (χ3v) is 6.31. The number of fused-ring (bicyclic) bond motifs is 1. The van der Waals surface area contributed by atoms with Crippen LogP contribution in [0.5, 0.6) is 0 Å². The summed E-state index contributed by atoms with van der Waals surface area (Å²) in [6.07, 6.45) is 3.26. The summed E-state index contributed by atoms with van der Waals surface area (Å²) in [4.78, 5) is 49.2. The van der Waals surface area contributed by atoms with Crippen molar-refractivity contribution < 1.29 is 18.8 Å². The molecule has 1 aliphatic rings. The zero-order chi connectivity index (χ0) is 26.6. The van der Waals surface area contributed by atoms with E-state index < -0.39 is 29.6 Å². The normalized spacial score (nSPS) is 14.9. The SMILES string of the molecule is O=C(Nc1ccccn1)c1ccc(CN2C(=O)c3ccc(Cl)cc3NC(=O)C2Cc2ccccn2)cc1F. The van der Waals surface area contributed by atoms with Gasteiger partial charge in [-0.15, -0.1) is 0 Å². The molecule has 2 N–H and O–H groups in total. The minimum atomic E-state index is -0.932. The standard InChI is InChI=1S/C28H21ClFN5O3/c29-18-8-10-21-23(14-18)33-27(37)24(15-19-5-1-3-11-31-19)35(28(21)38)16-17-7-9-20(22(30)13-17)26(36)34-25-6-2-4-12-32-25/h1-14,24H,15-16H2,(H,33,37)(H,32,34,36). The number of nitrogens with zero attached hydrogens (tertiary/aromatic N) is 3. The van der Waals surface area contributed by atoms with E-state index in [0.717, 1.165) is 0 Å². The van der Waals surface area contributed by atoms with Crippen LogP contribution in [0.3, 0.4) is 0 Å². The van der Waals surface area contributed by atoms with E-state index in [1.165, 1.54) is 29.3 Å². The van der Waals surface area contributed by atoms with Crippen molar-refractivity contribution in [3.05, 3.63) is 118 Å². The fourth-order valence-corrected chi connectivity index (χ4v) is 4.39. The monoisotopic (exact) mass is 529 g/mol. The number of anilines is 2. The molecule has 1 aliphatic heterocycles. The third-order valence-electron chi connectivity index (χ3n) is 6.08. The van der Waals surface area contributed by atoms with Crippen LogP contribution in [0.2, 0.25) is 5.02 Å². The van der Waals surface area contributed by atoms with E-state index >= 15 is 4.39 Å². The molecule has 0 fully saturated rings. The maximum Gasteiger partial charge on any atom is 0.259 e.